The summed E-state index contributed by atoms with van der Waals surface area (Å²) in [6, 6.07) is 0. The molecule has 0 N–H and O–H groups in total. The molecule has 0 aliphatic carbocycles. The van der Waals surface area contributed by atoms with Crippen LogP contribution in [0.3, 0.4) is 0 Å². The van der Waals surface area contributed by atoms with Gasteiger partial charge in [0.2, 0.25) is 0 Å². The molecule has 0 saturated heterocycles. The third-order valence-electron chi connectivity index (χ3n) is 0.289. The zero-order chi connectivity index (χ0) is 5.86. The van der Waals surface area contributed by atoms with Gasteiger partial charge in [-0.2, -0.15) is 0 Å². The summed E-state index contributed by atoms with van der Waals surface area (Å²) in [4.78, 5) is 9.34. The second kappa shape index (κ2) is 5.52. The van der Waals surface area contributed by atoms with Gasteiger partial charge in [0.25, 0.3) is 0 Å². The van der Waals surface area contributed by atoms with Crippen molar-refractivity contribution in [3.8, 4) is 0 Å². The molecule has 0 radical (unpaired) electrons. The fourth-order valence-corrected chi connectivity index (χ4v) is 0.486. The van der Waals surface area contributed by atoms with Gasteiger partial charge in [-0.1, -0.05) is 0 Å². The average molecular weight is 145 g/mol. The quantitative estimate of drug-likeness (QED) is 0.366. The van der Waals surface area contributed by atoms with Crippen LogP contribution in [0.1, 0.15) is 0 Å². The van der Waals surface area contributed by atoms with E-state index in [0.717, 1.165) is 0 Å². The van der Waals surface area contributed by atoms with Crippen molar-refractivity contribution in [1.82, 2.24) is 0 Å². The molecule has 0 aromatic heterocycles. The van der Waals surface area contributed by atoms with Crippen molar-refractivity contribution >= 4 is 5.97 Å². The Balaban J connectivity index is 0. The van der Waals surface area contributed by atoms with E-state index in [9.17, 15) is 16.6 Å². The van der Waals surface area contributed by atoms with Crippen LogP contribution in [-0.4, -0.2) is 5.97 Å². The molecule has 0 fully saturated rings. The van der Waals surface area contributed by atoms with E-state index in [1.165, 1.54) is 0 Å². The largest absolute Gasteiger partial charge is 1.00 e. The first-order chi connectivity index (χ1) is 3.13. The van der Waals surface area contributed by atoms with Gasteiger partial charge in [0, 0.05) is 0 Å². The van der Waals surface area contributed by atoms with Crippen molar-refractivity contribution in [2.24, 2.45) is 0 Å². The second-order valence-electron chi connectivity index (χ2n) is 0.921. The van der Waals surface area contributed by atoms with E-state index in [-0.39, 0.29) is 18.9 Å². The summed E-state index contributed by atoms with van der Waals surface area (Å²) in [5, 5.41) is 9.34. The Hall–Kier alpha value is 0.382. The molecule has 0 aliphatic rings. The molecule has 0 aromatic carbocycles. The molecular formula is C2H2LiO4Ti. The zero-order valence-electron chi connectivity index (χ0n) is 4.34. The molecule has 0 heterocycles. The molecule has 0 spiro atoms. The maximum Gasteiger partial charge on any atom is 1.00 e. The summed E-state index contributed by atoms with van der Waals surface area (Å²) in [6.45, 7) is 0. The SMILES string of the molecule is O=C([O-])[CH2][Ti](=[O])=[O].[Li+]. The van der Waals surface area contributed by atoms with Crippen molar-refractivity contribution in [2.45, 2.75) is 4.73 Å². The van der Waals surface area contributed by atoms with Crippen molar-refractivity contribution in [1.29, 1.82) is 0 Å². The predicted molar refractivity (Wildman–Crippen MR) is 11.2 cm³/mol. The third-order valence-corrected chi connectivity index (χ3v) is 1.19. The maximum absolute atomic E-state index is 9.53. The van der Waals surface area contributed by atoms with Gasteiger partial charge >= 0.3 is 63.9 Å². The summed E-state index contributed by atoms with van der Waals surface area (Å²) in [7, 11) is 0. The van der Waals surface area contributed by atoms with Crippen LogP contribution < -0.4 is 24.0 Å². The minimum absolute atomic E-state index is 0. The van der Waals surface area contributed by atoms with Gasteiger partial charge in [-0.3, -0.25) is 0 Å². The first-order valence-corrected chi connectivity index (χ1v) is 3.90. The van der Waals surface area contributed by atoms with E-state index in [0.29, 0.717) is 0 Å². The van der Waals surface area contributed by atoms with Gasteiger partial charge < -0.3 is 0 Å². The van der Waals surface area contributed by atoms with Crippen LogP contribution in [0.2, 0.25) is 4.73 Å². The van der Waals surface area contributed by atoms with Crippen LogP contribution in [0, 0.1) is 0 Å². The number of hydrogen-bond acceptors (Lipinski definition) is 4. The fourth-order valence-electron chi connectivity index (χ4n) is 0.118. The number of carboxylic acids is 1. The van der Waals surface area contributed by atoms with E-state index in [2.05, 4.69) is 0 Å². The first kappa shape index (κ1) is 11.2. The Labute approximate surface area is 63.9 Å². The van der Waals surface area contributed by atoms with E-state index >= 15 is 0 Å². The van der Waals surface area contributed by atoms with E-state index in [4.69, 9.17) is 0 Å². The molecule has 0 amide bonds. The van der Waals surface area contributed by atoms with Gasteiger partial charge in [0.1, 0.15) is 0 Å². The first-order valence-electron chi connectivity index (χ1n) is 1.52. The van der Waals surface area contributed by atoms with Crippen LogP contribution in [0.4, 0.5) is 0 Å². The monoisotopic (exact) mass is 145 g/mol. The summed E-state index contributed by atoms with van der Waals surface area (Å²) in [5.41, 5.74) is 0. The topological polar surface area (TPSA) is 74.3 Å². The maximum atomic E-state index is 9.53. The Kier molecular flexibility index (Phi) is 7.73. The van der Waals surface area contributed by atoms with Crippen LogP contribution in [-0.2, 0) is 29.3 Å². The summed E-state index contributed by atoms with van der Waals surface area (Å²) >= 11 is -3.61. The third kappa shape index (κ3) is 9.63. The summed E-state index contributed by atoms with van der Waals surface area (Å²) < 4.78 is 18.3. The van der Waals surface area contributed by atoms with E-state index in [1.54, 1.807) is 0 Å². The minimum atomic E-state index is -3.61. The van der Waals surface area contributed by atoms with Crippen molar-refractivity contribution < 1.29 is 53.2 Å². The zero-order valence-corrected chi connectivity index (χ0v) is 5.90. The van der Waals surface area contributed by atoms with Crippen LogP contribution in [0.5, 0.6) is 0 Å². The fraction of sp³-hybridized carbons (Fsp3) is 0.500. The van der Waals surface area contributed by atoms with Crippen LogP contribution in [0.25, 0.3) is 0 Å². The van der Waals surface area contributed by atoms with Gasteiger partial charge in [0.05, 0.1) is 0 Å². The number of carbonyl (C=O) groups excluding carboxylic acids is 1. The van der Waals surface area contributed by atoms with Gasteiger partial charge in [-0.05, 0) is 0 Å². The molecule has 6 heteroatoms. The smallest absolute Gasteiger partial charge is 1.00 e. The van der Waals surface area contributed by atoms with Gasteiger partial charge in [0.15, 0.2) is 0 Å². The molecule has 0 atom stereocenters. The predicted octanol–water partition coefficient (Wildman–Crippen LogP) is -4.53. The van der Waals surface area contributed by atoms with Crippen LogP contribution in [0.15, 0.2) is 0 Å². The molecule has 0 aromatic rings. The van der Waals surface area contributed by atoms with Crippen molar-refractivity contribution in [3.63, 3.8) is 0 Å². The van der Waals surface area contributed by atoms with Crippen molar-refractivity contribution in [3.05, 3.63) is 0 Å². The van der Waals surface area contributed by atoms with E-state index < -0.39 is 28.5 Å². The average Bonchev–Trinajstić information content (AvgIpc) is 1.27. The Morgan fingerprint density at radius 2 is 1.88 bits per heavy atom. The number of carbonyl (C=O) groups is 1. The number of aliphatic carboxylic acids is 1. The molecule has 0 saturated carbocycles. The molecule has 8 heavy (non-hydrogen) atoms. The van der Waals surface area contributed by atoms with Crippen LogP contribution >= 0.6 is 0 Å². The molecule has 0 rings (SSSR count). The molecule has 39 valence electrons. The van der Waals surface area contributed by atoms with Crippen molar-refractivity contribution in [2.75, 3.05) is 0 Å². The van der Waals surface area contributed by atoms with Gasteiger partial charge in [-0.15, -0.1) is 0 Å². The van der Waals surface area contributed by atoms with E-state index in [1.807, 2.05) is 0 Å². The number of rotatable bonds is 2. The summed E-state index contributed by atoms with van der Waals surface area (Å²) in [6.07, 6.45) is 0. The normalized spacial score (nSPS) is 7.00. The minimum Gasteiger partial charge on any atom is 1.00 e. The molecule has 0 aliphatic heterocycles. The molecule has 0 unspecified atom stereocenters. The Bertz CT molecular complexity index is 131. The summed E-state index contributed by atoms with van der Waals surface area (Å²) in [5.74, 6) is -1.51. The molecule has 0 bridgehead atoms. The number of hydrogen-bond donors (Lipinski definition) is 0. The Morgan fingerprint density at radius 1 is 1.50 bits per heavy atom. The van der Waals surface area contributed by atoms with Gasteiger partial charge in [-0.25, -0.2) is 0 Å². The molecular weight excluding hydrogens is 143 g/mol. The second-order valence-corrected chi connectivity index (χ2v) is 2.63. The Morgan fingerprint density at radius 3 is 1.88 bits per heavy atom. The molecule has 4 nitrogen and oxygen atoms in total. The standard InChI is InChI=1S/C2H3O2.Li.2O.Ti/c1-2(3)4;;;;/h1H2,(H,3,4);;;;/q;+1;;;/p-1. The number of carboxylic acid groups (broad SMARTS) is 1.